The summed E-state index contributed by atoms with van der Waals surface area (Å²) < 4.78 is 5.35. The minimum Gasteiger partial charge on any atom is -0.397 e. The number of hydrogen-bond donors (Lipinski definition) is 2. The van der Waals surface area contributed by atoms with E-state index in [-0.39, 0.29) is 5.91 Å². The van der Waals surface area contributed by atoms with Gasteiger partial charge in [0.25, 0.3) is 5.91 Å². The monoisotopic (exact) mass is 235 g/mol. The predicted molar refractivity (Wildman–Crippen MR) is 64.5 cm³/mol. The summed E-state index contributed by atoms with van der Waals surface area (Å²) in [4.78, 5) is 15.8. The molecule has 1 aliphatic rings. The van der Waals surface area contributed by atoms with Crippen molar-refractivity contribution in [1.29, 1.82) is 0 Å². The summed E-state index contributed by atoms with van der Waals surface area (Å²) in [6, 6.07) is 3.38. The molecule has 0 spiro atoms. The van der Waals surface area contributed by atoms with Crippen LogP contribution in [0, 0.1) is 5.92 Å². The Bertz CT molecular complexity index is 389. The van der Waals surface area contributed by atoms with E-state index in [4.69, 9.17) is 10.5 Å². The molecular formula is C12H17N3O2. The summed E-state index contributed by atoms with van der Waals surface area (Å²) in [5.74, 6) is 0.186. The van der Waals surface area contributed by atoms with Gasteiger partial charge in [0.2, 0.25) is 0 Å². The lowest BCUT2D eigenvalue weighted by molar-refractivity contribution is 0.0536. The second-order valence-corrected chi connectivity index (χ2v) is 4.23. The number of hydrogen-bond acceptors (Lipinski definition) is 4. The van der Waals surface area contributed by atoms with Crippen LogP contribution >= 0.6 is 0 Å². The molecule has 1 saturated heterocycles. The number of nitrogens with one attached hydrogen (secondary N) is 1. The van der Waals surface area contributed by atoms with Gasteiger partial charge < -0.3 is 15.8 Å². The summed E-state index contributed by atoms with van der Waals surface area (Å²) in [6.07, 6.45) is 3.72. The third-order valence-electron chi connectivity index (χ3n) is 2.86. The van der Waals surface area contributed by atoms with E-state index in [2.05, 4.69) is 10.3 Å². The summed E-state index contributed by atoms with van der Waals surface area (Å²) in [6.45, 7) is 2.17. The average Bonchev–Trinajstić information content (AvgIpc) is 2.38. The fraction of sp³-hybridized carbons (Fsp3) is 0.500. The Balaban J connectivity index is 1.87. The first kappa shape index (κ1) is 11.9. The normalized spacial score (nSPS) is 19.9. The van der Waals surface area contributed by atoms with Crippen LogP contribution in [0.5, 0.6) is 0 Å². The third-order valence-corrected chi connectivity index (χ3v) is 2.86. The maximum atomic E-state index is 11.8. The van der Waals surface area contributed by atoms with Gasteiger partial charge in [-0.3, -0.25) is 4.79 Å². The first-order valence-corrected chi connectivity index (χ1v) is 5.84. The molecule has 1 aromatic rings. The number of amides is 1. The Morgan fingerprint density at radius 2 is 2.53 bits per heavy atom. The molecule has 2 rings (SSSR count). The molecule has 1 aromatic heterocycles. The van der Waals surface area contributed by atoms with Crippen LogP contribution in [-0.4, -0.2) is 30.6 Å². The number of anilines is 1. The standard InChI is InChI=1S/C12H17N3O2/c13-10-4-1-5-14-11(10)12(16)15-7-9-3-2-6-17-8-9/h1,4-5,9H,2-3,6-8,13H2,(H,15,16). The lowest BCUT2D eigenvalue weighted by Gasteiger charge is -2.22. The van der Waals surface area contributed by atoms with Crippen LogP contribution in [-0.2, 0) is 4.74 Å². The Morgan fingerprint density at radius 1 is 1.65 bits per heavy atom. The summed E-state index contributed by atoms with van der Waals surface area (Å²) in [7, 11) is 0. The van der Waals surface area contributed by atoms with Gasteiger partial charge >= 0.3 is 0 Å². The Labute approximate surface area is 100 Å². The zero-order valence-electron chi connectivity index (χ0n) is 9.69. The molecular weight excluding hydrogens is 218 g/mol. The quantitative estimate of drug-likeness (QED) is 0.813. The number of carbonyl (C=O) groups excluding carboxylic acids is 1. The minimum absolute atomic E-state index is 0.214. The second-order valence-electron chi connectivity index (χ2n) is 4.23. The van der Waals surface area contributed by atoms with Crippen molar-refractivity contribution in [2.45, 2.75) is 12.8 Å². The SMILES string of the molecule is Nc1cccnc1C(=O)NCC1CCCOC1. The smallest absolute Gasteiger partial charge is 0.272 e. The fourth-order valence-electron chi connectivity index (χ4n) is 1.90. The van der Waals surface area contributed by atoms with Crippen molar-refractivity contribution < 1.29 is 9.53 Å². The van der Waals surface area contributed by atoms with Gasteiger partial charge in [0.05, 0.1) is 12.3 Å². The number of nitrogens with two attached hydrogens (primary N) is 1. The lowest BCUT2D eigenvalue weighted by atomic mass is 10.0. The van der Waals surface area contributed by atoms with Gasteiger partial charge in [-0.05, 0) is 30.9 Å². The molecule has 5 nitrogen and oxygen atoms in total. The molecule has 1 atom stereocenters. The molecule has 1 fully saturated rings. The topological polar surface area (TPSA) is 77.2 Å². The van der Waals surface area contributed by atoms with Gasteiger partial charge in [0, 0.05) is 19.3 Å². The second kappa shape index (κ2) is 5.63. The zero-order valence-corrected chi connectivity index (χ0v) is 9.69. The van der Waals surface area contributed by atoms with E-state index in [1.54, 1.807) is 18.3 Å². The number of pyridine rings is 1. The summed E-state index contributed by atoms with van der Waals surface area (Å²) in [5, 5.41) is 2.85. The molecule has 0 radical (unpaired) electrons. The van der Waals surface area contributed by atoms with E-state index >= 15 is 0 Å². The van der Waals surface area contributed by atoms with Gasteiger partial charge in [-0.2, -0.15) is 0 Å². The number of ether oxygens (including phenoxy) is 1. The molecule has 1 amide bonds. The molecule has 0 bridgehead atoms. The third kappa shape index (κ3) is 3.17. The van der Waals surface area contributed by atoms with E-state index in [1.165, 1.54) is 0 Å². The highest BCUT2D eigenvalue weighted by molar-refractivity contribution is 5.96. The van der Waals surface area contributed by atoms with Crippen LogP contribution in [0.15, 0.2) is 18.3 Å². The zero-order chi connectivity index (χ0) is 12.1. The van der Waals surface area contributed by atoms with E-state index in [1.807, 2.05) is 0 Å². The van der Waals surface area contributed by atoms with Gasteiger partial charge in [0.15, 0.2) is 5.69 Å². The van der Waals surface area contributed by atoms with Crippen molar-refractivity contribution in [3.8, 4) is 0 Å². The fourth-order valence-corrected chi connectivity index (χ4v) is 1.90. The summed E-state index contributed by atoms with van der Waals surface area (Å²) >= 11 is 0. The van der Waals surface area contributed by atoms with Crippen molar-refractivity contribution >= 4 is 11.6 Å². The number of nitrogens with zero attached hydrogens (tertiary/aromatic N) is 1. The number of aromatic nitrogens is 1. The molecule has 0 saturated carbocycles. The molecule has 0 aromatic carbocycles. The van der Waals surface area contributed by atoms with Gasteiger partial charge in [-0.25, -0.2) is 4.98 Å². The van der Waals surface area contributed by atoms with Gasteiger partial charge in [0.1, 0.15) is 0 Å². The summed E-state index contributed by atoms with van der Waals surface area (Å²) in [5.41, 5.74) is 6.39. The minimum atomic E-state index is -0.214. The highest BCUT2D eigenvalue weighted by Gasteiger charge is 2.16. The molecule has 92 valence electrons. The van der Waals surface area contributed by atoms with E-state index in [0.29, 0.717) is 23.8 Å². The highest BCUT2D eigenvalue weighted by atomic mass is 16.5. The first-order valence-electron chi connectivity index (χ1n) is 5.84. The molecule has 1 unspecified atom stereocenters. The van der Waals surface area contributed by atoms with Crippen molar-refractivity contribution in [3.05, 3.63) is 24.0 Å². The average molecular weight is 235 g/mol. The highest BCUT2D eigenvalue weighted by Crippen LogP contribution is 2.13. The molecule has 1 aliphatic heterocycles. The van der Waals surface area contributed by atoms with Crippen LogP contribution in [0.1, 0.15) is 23.3 Å². The van der Waals surface area contributed by atoms with Gasteiger partial charge in [-0.1, -0.05) is 0 Å². The number of carbonyl (C=O) groups is 1. The Hall–Kier alpha value is -1.62. The maximum Gasteiger partial charge on any atom is 0.272 e. The van der Waals surface area contributed by atoms with E-state index in [9.17, 15) is 4.79 Å². The maximum absolute atomic E-state index is 11.8. The van der Waals surface area contributed by atoms with E-state index in [0.717, 1.165) is 26.1 Å². The first-order chi connectivity index (χ1) is 8.27. The van der Waals surface area contributed by atoms with Crippen molar-refractivity contribution in [3.63, 3.8) is 0 Å². The molecule has 5 heteroatoms. The van der Waals surface area contributed by atoms with E-state index < -0.39 is 0 Å². The molecule has 3 N–H and O–H groups in total. The molecule has 17 heavy (non-hydrogen) atoms. The van der Waals surface area contributed by atoms with Crippen LogP contribution in [0.4, 0.5) is 5.69 Å². The van der Waals surface area contributed by atoms with Crippen molar-refractivity contribution in [1.82, 2.24) is 10.3 Å². The molecule has 2 heterocycles. The van der Waals surface area contributed by atoms with Crippen molar-refractivity contribution in [2.75, 3.05) is 25.5 Å². The molecule has 0 aliphatic carbocycles. The van der Waals surface area contributed by atoms with Crippen LogP contribution in [0.2, 0.25) is 0 Å². The number of nitrogen functional groups attached to an aromatic ring is 1. The van der Waals surface area contributed by atoms with Crippen LogP contribution in [0.25, 0.3) is 0 Å². The van der Waals surface area contributed by atoms with Gasteiger partial charge in [-0.15, -0.1) is 0 Å². The van der Waals surface area contributed by atoms with Crippen molar-refractivity contribution in [2.24, 2.45) is 5.92 Å². The van der Waals surface area contributed by atoms with Crippen LogP contribution in [0.3, 0.4) is 0 Å². The Morgan fingerprint density at radius 3 is 3.24 bits per heavy atom. The Kier molecular flexibility index (Phi) is 3.93. The van der Waals surface area contributed by atoms with Crippen LogP contribution < -0.4 is 11.1 Å². The largest absolute Gasteiger partial charge is 0.397 e. The number of rotatable bonds is 3. The predicted octanol–water partition coefficient (Wildman–Crippen LogP) is 0.820. The lowest BCUT2D eigenvalue weighted by Crippen LogP contribution is -2.33.